The molecular formula is C9H14BrN3S. The number of thiophene rings is 1. The zero-order chi connectivity index (χ0) is 10.6. The van der Waals surface area contributed by atoms with Crippen molar-refractivity contribution in [2.24, 2.45) is 10.7 Å². The molecule has 0 spiro atoms. The Kier molecular flexibility index (Phi) is 4.41. The molecule has 1 rings (SSSR count). The van der Waals surface area contributed by atoms with E-state index in [9.17, 15) is 0 Å². The Bertz CT molecular complexity index is 320. The molecule has 14 heavy (non-hydrogen) atoms. The Balaban J connectivity index is 2.46. The van der Waals surface area contributed by atoms with Crippen molar-refractivity contribution in [3.05, 3.63) is 20.8 Å². The normalized spacial score (nSPS) is 12.1. The molecule has 0 aliphatic heterocycles. The molecular weight excluding hydrogens is 262 g/mol. The van der Waals surface area contributed by atoms with E-state index in [0.717, 1.165) is 4.47 Å². The number of hydrogen-bond acceptors (Lipinski definition) is 2. The van der Waals surface area contributed by atoms with E-state index < -0.39 is 0 Å². The number of halogens is 1. The van der Waals surface area contributed by atoms with Gasteiger partial charge in [0, 0.05) is 20.8 Å². The minimum atomic E-state index is 0.328. The Morgan fingerprint density at radius 1 is 1.71 bits per heavy atom. The zero-order valence-corrected chi connectivity index (χ0v) is 10.7. The molecule has 0 fully saturated rings. The van der Waals surface area contributed by atoms with E-state index in [4.69, 9.17) is 5.73 Å². The fourth-order valence-electron chi connectivity index (χ4n) is 0.941. The Hall–Kier alpha value is -0.550. The molecule has 0 aromatic carbocycles. The second kappa shape index (κ2) is 5.36. The predicted octanol–water partition coefficient (Wildman–Crippen LogP) is 2.32. The van der Waals surface area contributed by atoms with Crippen molar-refractivity contribution in [1.82, 2.24) is 5.32 Å². The van der Waals surface area contributed by atoms with E-state index in [-0.39, 0.29) is 0 Å². The SMILES string of the molecule is CC(C)NC(N)=NCc1cc(Br)cs1. The van der Waals surface area contributed by atoms with E-state index in [1.54, 1.807) is 11.3 Å². The lowest BCUT2D eigenvalue weighted by atomic mass is 10.4. The molecule has 0 radical (unpaired) electrons. The maximum Gasteiger partial charge on any atom is 0.189 e. The van der Waals surface area contributed by atoms with Crippen molar-refractivity contribution in [3.63, 3.8) is 0 Å². The summed E-state index contributed by atoms with van der Waals surface area (Å²) in [6.07, 6.45) is 0. The van der Waals surface area contributed by atoms with Gasteiger partial charge in [0.05, 0.1) is 6.54 Å². The zero-order valence-electron chi connectivity index (χ0n) is 8.25. The average molecular weight is 276 g/mol. The summed E-state index contributed by atoms with van der Waals surface area (Å²) in [4.78, 5) is 5.42. The molecule has 3 N–H and O–H groups in total. The van der Waals surface area contributed by atoms with Gasteiger partial charge in [0.25, 0.3) is 0 Å². The topological polar surface area (TPSA) is 50.4 Å². The van der Waals surface area contributed by atoms with E-state index >= 15 is 0 Å². The molecule has 1 heterocycles. The van der Waals surface area contributed by atoms with Gasteiger partial charge in [-0.15, -0.1) is 11.3 Å². The number of guanidine groups is 1. The molecule has 0 amide bonds. The van der Waals surface area contributed by atoms with Crippen molar-refractivity contribution in [2.45, 2.75) is 26.4 Å². The highest BCUT2D eigenvalue weighted by Gasteiger charge is 1.98. The van der Waals surface area contributed by atoms with Crippen molar-refractivity contribution >= 4 is 33.2 Å². The first-order valence-electron chi connectivity index (χ1n) is 4.37. The minimum absolute atomic E-state index is 0.328. The van der Waals surface area contributed by atoms with Gasteiger partial charge in [-0.3, -0.25) is 0 Å². The molecule has 78 valence electrons. The van der Waals surface area contributed by atoms with Crippen LogP contribution in [0, 0.1) is 0 Å². The van der Waals surface area contributed by atoms with Gasteiger partial charge in [-0.2, -0.15) is 0 Å². The van der Waals surface area contributed by atoms with Crippen LogP contribution in [0.25, 0.3) is 0 Å². The van der Waals surface area contributed by atoms with Crippen LogP contribution in [0.4, 0.5) is 0 Å². The summed E-state index contributed by atoms with van der Waals surface area (Å²) in [5, 5.41) is 5.08. The molecule has 0 aliphatic rings. The smallest absolute Gasteiger partial charge is 0.189 e. The van der Waals surface area contributed by atoms with Crippen LogP contribution in [0.15, 0.2) is 20.9 Å². The van der Waals surface area contributed by atoms with Gasteiger partial charge in [-0.25, -0.2) is 4.99 Å². The highest BCUT2D eigenvalue weighted by Crippen LogP contribution is 2.20. The number of nitrogens with one attached hydrogen (secondary N) is 1. The van der Waals surface area contributed by atoms with Crippen LogP contribution >= 0.6 is 27.3 Å². The van der Waals surface area contributed by atoms with Crippen LogP contribution in [0.1, 0.15) is 18.7 Å². The van der Waals surface area contributed by atoms with Crippen molar-refractivity contribution in [1.29, 1.82) is 0 Å². The Labute approximate surface area is 96.5 Å². The summed E-state index contributed by atoms with van der Waals surface area (Å²) < 4.78 is 1.10. The van der Waals surface area contributed by atoms with Crippen LogP contribution in [-0.4, -0.2) is 12.0 Å². The Morgan fingerprint density at radius 3 is 2.93 bits per heavy atom. The molecule has 1 aromatic heterocycles. The third-order valence-electron chi connectivity index (χ3n) is 1.46. The molecule has 0 unspecified atom stereocenters. The lowest BCUT2D eigenvalue weighted by Gasteiger charge is -2.07. The summed E-state index contributed by atoms with van der Waals surface area (Å²) in [6.45, 7) is 4.70. The van der Waals surface area contributed by atoms with E-state index in [1.165, 1.54) is 4.88 Å². The quantitative estimate of drug-likeness (QED) is 0.657. The first-order valence-corrected chi connectivity index (χ1v) is 6.04. The molecule has 0 bridgehead atoms. The van der Waals surface area contributed by atoms with Crippen molar-refractivity contribution < 1.29 is 0 Å². The van der Waals surface area contributed by atoms with Gasteiger partial charge in [-0.05, 0) is 35.8 Å². The molecule has 1 aromatic rings. The molecule has 0 saturated carbocycles. The van der Waals surface area contributed by atoms with Crippen LogP contribution in [0.5, 0.6) is 0 Å². The first kappa shape index (κ1) is 11.5. The lowest BCUT2D eigenvalue weighted by molar-refractivity contribution is 0.724. The summed E-state index contributed by atoms with van der Waals surface area (Å²) >= 11 is 5.07. The maximum atomic E-state index is 5.66. The van der Waals surface area contributed by atoms with Crippen molar-refractivity contribution in [2.75, 3.05) is 0 Å². The number of nitrogens with zero attached hydrogens (tertiary/aromatic N) is 1. The highest BCUT2D eigenvalue weighted by atomic mass is 79.9. The summed E-state index contributed by atoms with van der Waals surface area (Å²) in [5.41, 5.74) is 5.66. The minimum Gasteiger partial charge on any atom is -0.370 e. The van der Waals surface area contributed by atoms with Crippen molar-refractivity contribution in [3.8, 4) is 0 Å². The third-order valence-corrected chi connectivity index (χ3v) is 3.15. The van der Waals surface area contributed by atoms with Gasteiger partial charge >= 0.3 is 0 Å². The van der Waals surface area contributed by atoms with Gasteiger partial charge in [0.15, 0.2) is 5.96 Å². The lowest BCUT2D eigenvalue weighted by Crippen LogP contribution is -2.36. The van der Waals surface area contributed by atoms with Gasteiger partial charge in [0.1, 0.15) is 0 Å². The summed E-state index contributed by atoms with van der Waals surface area (Å²) in [7, 11) is 0. The molecule has 5 heteroatoms. The number of aliphatic imine (C=N–C) groups is 1. The van der Waals surface area contributed by atoms with Gasteiger partial charge < -0.3 is 11.1 Å². The maximum absolute atomic E-state index is 5.66. The second-order valence-corrected chi connectivity index (χ2v) is 5.14. The van der Waals surface area contributed by atoms with Gasteiger partial charge in [-0.1, -0.05) is 0 Å². The van der Waals surface area contributed by atoms with Crippen LogP contribution in [0.3, 0.4) is 0 Å². The third kappa shape index (κ3) is 4.11. The van der Waals surface area contributed by atoms with Crippen LogP contribution in [0.2, 0.25) is 0 Å². The molecule has 0 aliphatic carbocycles. The standard InChI is InChI=1S/C9H14BrN3S/c1-6(2)13-9(11)12-4-8-3-7(10)5-14-8/h3,5-6H,4H2,1-2H3,(H3,11,12,13). The van der Waals surface area contributed by atoms with Crippen LogP contribution in [-0.2, 0) is 6.54 Å². The Morgan fingerprint density at radius 2 is 2.43 bits per heavy atom. The van der Waals surface area contributed by atoms with E-state index in [2.05, 4.69) is 32.3 Å². The number of nitrogens with two attached hydrogens (primary N) is 1. The number of rotatable bonds is 3. The van der Waals surface area contributed by atoms with Crippen LogP contribution < -0.4 is 11.1 Å². The number of hydrogen-bond donors (Lipinski definition) is 2. The molecule has 3 nitrogen and oxygen atoms in total. The largest absolute Gasteiger partial charge is 0.370 e. The average Bonchev–Trinajstić information content (AvgIpc) is 2.47. The first-order chi connectivity index (χ1) is 6.58. The molecule has 0 saturated heterocycles. The fraction of sp³-hybridized carbons (Fsp3) is 0.444. The van der Waals surface area contributed by atoms with Gasteiger partial charge in [0.2, 0.25) is 0 Å². The predicted molar refractivity (Wildman–Crippen MR) is 65.6 cm³/mol. The fourth-order valence-corrected chi connectivity index (χ4v) is 2.32. The van der Waals surface area contributed by atoms with E-state index in [0.29, 0.717) is 18.5 Å². The highest BCUT2D eigenvalue weighted by molar-refractivity contribution is 9.10. The summed E-state index contributed by atoms with van der Waals surface area (Å²) in [5.74, 6) is 0.504. The molecule has 0 atom stereocenters. The van der Waals surface area contributed by atoms with E-state index in [1.807, 2.05) is 19.2 Å². The second-order valence-electron chi connectivity index (χ2n) is 3.23. The summed E-state index contributed by atoms with van der Waals surface area (Å²) in [6, 6.07) is 2.38. The monoisotopic (exact) mass is 275 g/mol.